The minimum absolute atomic E-state index is 0.0201. The topological polar surface area (TPSA) is 74.1 Å². The van der Waals surface area contributed by atoms with Crippen molar-refractivity contribution in [3.8, 4) is 5.88 Å². The molecule has 7 nitrogen and oxygen atoms in total. The van der Waals surface area contributed by atoms with Crippen molar-refractivity contribution in [1.29, 1.82) is 0 Å². The third-order valence-electron chi connectivity index (χ3n) is 5.06. The SMILES string of the molecule is COc1ccc(NCc2nnc(C(F)(F)F)n2CCO[Si](C)(C)C(C)(C)C)cn1. The van der Waals surface area contributed by atoms with Gasteiger partial charge in [0.1, 0.15) is 0 Å². The van der Waals surface area contributed by atoms with Gasteiger partial charge in [-0.25, -0.2) is 4.98 Å². The van der Waals surface area contributed by atoms with Crippen LogP contribution in [0.4, 0.5) is 18.9 Å². The summed E-state index contributed by atoms with van der Waals surface area (Å²) in [5, 5.41) is 10.1. The number of nitrogens with zero attached hydrogens (tertiary/aromatic N) is 4. The molecule has 29 heavy (non-hydrogen) atoms. The van der Waals surface area contributed by atoms with Gasteiger partial charge in [-0.1, -0.05) is 20.8 Å². The second-order valence-electron chi connectivity index (χ2n) is 8.14. The van der Waals surface area contributed by atoms with Gasteiger partial charge in [0.05, 0.1) is 32.1 Å². The first-order valence-electron chi connectivity index (χ1n) is 9.22. The Bertz CT molecular complexity index is 801. The van der Waals surface area contributed by atoms with E-state index in [1.807, 2.05) is 0 Å². The molecule has 0 fully saturated rings. The van der Waals surface area contributed by atoms with Gasteiger partial charge in [-0.2, -0.15) is 13.2 Å². The second-order valence-corrected chi connectivity index (χ2v) is 13.0. The zero-order valence-corrected chi connectivity index (χ0v) is 18.6. The van der Waals surface area contributed by atoms with Crippen LogP contribution >= 0.6 is 0 Å². The van der Waals surface area contributed by atoms with Gasteiger partial charge in [-0.05, 0) is 24.2 Å². The first-order valence-corrected chi connectivity index (χ1v) is 12.1. The molecule has 0 bridgehead atoms. The number of ether oxygens (including phenoxy) is 1. The van der Waals surface area contributed by atoms with E-state index in [1.54, 1.807) is 12.1 Å². The Hall–Kier alpha value is -2.14. The Labute approximate surface area is 169 Å². The van der Waals surface area contributed by atoms with Crippen molar-refractivity contribution in [2.45, 2.75) is 58.2 Å². The number of hydrogen-bond acceptors (Lipinski definition) is 6. The summed E-state index contributed by atoms with van der Waals surface area (Å²) < 4.78 is 52.2. The molecular weight excluding hydrogens is 403 g/mol. The minimum atomic E-state index is -4.59. The molecule has 2 aromatic heterocycles. The van der Waals surface area contributed by atoms with Crippen molar-refractivity contribution < 1.29 is 22.3 Å². The maximum absolute atomic E-state index is 13.4. The molecule has 162 valence electrons. The van der Waals surface area contributed by atoms with Crippen molar-refractivity contribution in [2.24, 2.45) is 0 Å². The highest BCUT2D eigenvalue weighted by molar-refractivity contribution is 6.74. The highest BCUT2D eigenvalue weighted by Gasteiger charge is 2.39. The van der Waals surface area contributed by atoms with E-state index in [2.05, 4.69) is 54.4 Å². The Morgan fingerprint density at radius 2 is 1.83 bits per heavy atom. The van der Waals surface area contributed by atoms with E-state index in [9.17, 15) is 13.2 Å². The first-order chi connectivity index (χ1) is 13.3. The van der Waals surface area contributed by atoms with Crippen LogP contribution in [0, 0.1) is 0 Å². The fraction of sp³-hybridized carbons (Fsp3) is 0.611. The van der Waals surface area contributed by atoms with Crippen molar-refractivity contribution in [3.05, 3.63) is 30.0 Å². The number of halogens is 3. The van der Waals surface area contributed by atoms with Crippen LogP contribution in [-0.4, -0.2) is 41.8 Å². The average molecular weight is 432 g/mol. The molecular formula is C18H28F3N5O2Si. The molecule has 0 amide bonds. The van der Waals surface area contributed by atoms with Gasteiger partial charge < -0.3 is 19.0 Å². The largest absolute Gasteiger partial charge is 0.481 e. The predicted molar refractivity (Wildman–Crippen MR) is 106 cm³/mol. The van der Waals surface area contributed by atoms with Crippen LogP contribution in [0.2, 0.25) is 18.1 Å². The molecule has 0 aliphatic carbocycles. The second kappa shape index (κ2) is 8.70. The van der Waals surface area contributed by atoms with Crippen molar-refractivity contribution in [1.82, 2.24) is 19.7 Å². The van der Waals surface area contributed by atoms with Gasteiger partial charge >= 0.3 is 6.18 Å². The lowest BCUT2D eigenvalue weighted by Crippen LogP contribution is -2.41. The van der Waals surface area contributed by atoms with Crippen molar-refractivity contribution in [2.75, 3.05) is 19.0 Å². The molecule has 0 atom stereocenters. The Morgan fingerprint density at radius 1 is 1.14 bits per heavy atom. The third kappa shape index (κ3) is 5.92. The van der Waals surface area contributed by atoms with Crippen LogP contribution in [0.15, 0.2) is 18.3 Å². The lowest BCUT2D eigenvalue weighted by Gasteiger charge is -2.36. The molecule has 0 saturated heterocycles. The van der Waals surface area contributed by atoms with Crippen LogP contribution in [0.3, 0.4) is 0 Å². The maximum atomic E-state index is 13.4. The Kier molecular flexibility index (Phi) is 6.94. The standard InChI is InChI=1S/C18H28F3N5O2Si/c1-17(2,3)29(5,6)28-10-9-26-14(24-25-16(26)18(19,20)21)12-22-13-7-8-15(27-4)23-11-13/h7-8,11,22H,9-10,12H2,1-6H3. The summed E-state index contributed by atoms with van der Waals surface area (Å²) in [5.74, 6) is -0.409. The van der Waals surface area contributed by atoms with Crippen LogP contribution < -0.4 is 10.1 Å². The molecule has 0 aromatic carbocycles. The summed E-state index contributed by atoms with van der Waals surface area (Å²) in [6, 6.07) is 3.37. The third-order valence-corrected chi connectivity index (χ3v) is 9.60. The predicted octanol–water partition coefficient (Wildman–Crippen LogP) is 4.33. The van der Waals surface area contributed by atoms with Gasteiger partial charge in [0.2, 0.25) is 11.7 Å². The molecule has 0 saturated carbocycles. The van der Waals surface area contributed by atoms with E-state index in [0.717, 1.165) is 4.57 Å². The lowest BCUT2D eigenvalue weighted by molar-refractivity contribution is -0.147. The summed E-state index contributed by atoms with van der Waals surface area (Å²) in [6.07, 6.45) is -3.06. The molecule has 11 heteroatoms. The molecule has 0 aliphatic heterocycles. The zero-order chi connectivity index (χ0) is 21.9. The number of methoxy groups -OCH3 is 1. The van der Waals surface area contributed by atoms with Crippen LogP contribution in [0.5, 0.6) is 5.88 Å². The number of aromatic nitrogens is 4. The monoisotopic (exact) mass is 431 g/mol. The van der Waals surface area contributed by atoms with E-state index in [4.69, 9.17) is 9.16 Å². The molecule has 0 aliphatic rings. The average Bonchev–Trinajstić information content (AvgIpc) is 3.02. The zero-order valence-electron chi connectivity index (χ0n) is 17.6. The molecule has 0 unspecified atom stereocenters. The van der Waals surface area contributed by atoms with E-state index >= 15 is 0 Å². The van der Waals surface area contributed by atoms with Gasteiger partial charge in [0.15, 0.2) is 14.1 Å². The smallest absolute Gasteiger partial charge is 0.451 e. The maximum Gasteiger partial charge on any atom is 0.451 e. The minimum Gasteiger partial charge on any atom is -0.481 e. The van der Waals surface area contributed by atoms with E-state index < -0.39 is 20.3 Å². The number of pyridine rings is 1. The molecule has 2 heterocycles. The normalized spacial score (nSPS) is 12.9. The molecule has 1 N–H and O–H groups in total. The van der Waals surface area contributed by atoms with Gasteiger partial charge in [0.25, 0.3) is 0 Å². The molecule has 2 rings (SSSR count). The highest BCUT2D eigenvalue weighted by atomic mass is 28.4. The number of nitrogens with one attached hydrogen (secondary N) is 1. The summed E-state index contributed by atoms with van der Waals surface area (Å²) in [7, 11) is -0.568. The number of hydrogen-bond donors (Lipinski definition) is 1. The van der Waals surface area contributed by atoms with Crippen LogP contribution in [0.25, 0.3) is 0 Å². The molecule has 0 spiro atoms. The fourth-order valence-electron chi connectivity index (χ4n) is 2.31. The Balaban J connectivity index is 2.13. The molecule has 2 aromatic rings. The first kappa shape index (κ1) is 23.1. The summed E-state index contributed by atoms with van der Waals surface area (Å²) in [6.45, 7) is 10.6. The van der Waals surface area contributed by atoms with Crippen LogP contribution in [0.1, 0.15) is 32.4 Å². The Morgan fingerprint density at radius 3 is 2.34 bits per heavy atom. The summed E-state index contributed by atoms with van der Waals surface area (Å²) in [5.41, 5.74) is 0.631. The van der Waals surface area contributed by atoms with Gasteiger partial charge in [-0.15, -0.1) is 10.2 Å². The van der Waals surface area contributed by atoms with Crippen molar-refractivity contribution in [3.63, 3.8) is 0 Å². The quantitative estimate of drug-likeness (QED) is 0.627. The molecule has 0 radical (unpaired) electrons. The van der Waals surface area contributed by atoms with Gasteiger partial charge in [-0.3, -0.25) is 0 Å². The number of rotatable bonds is 8. The number of alkyl halides is 3. The number of anilines is 1. The van der Waals surface area contributed by atoms with Crippen LogP contribution in [-0.2, 0) is 23.7 Å². The summed E-state index contributed by atoms with van der Waals surface area (Å²) in [4.78, 5) is 4.05. The lowest BCUT2D eigenvalue weighted by atomic mass is 10.2. The van der Waals surface area contributed by atoms with Gasteiger partial charge in [0, 0.05) is 12.6 Å². The fourth-order valence-corrected chi connectivity index (χ4v) is 3.34. The van der Waals surface area contributed by atoms with E-state index in [0.29, 0.717) is 11.6 Å². The van der Waals surface area contributed by atoms with E-state index in [-0.39, 0.29) is 30.6 Å². The summed E-state index contributed by atoms with van der Waals surface area (Å²) >= 11 is 0. The highest BCUT2D eigenvalue weighted by Crippen LogP contribution is 2.36. The van der Waals surface area contributed by atoms with Crippen molar-refractivity contribution >= 4 is 14.0 Å². The van der Waals surface area contributed by atoms with E-state index in [1.165, 1.54) is 13.3 Å².